The Balaban J connectivity index is 1.26. The van der Waals surface area contributed by atoms with Crippen LogP contribution >= 0.6 is 0 Å². The molecule has 6 aromatic carbocycles. The number of nitrogens with one attached hydrogen (secondary N) is 1. The number of nitrogens with zero attached hydrogens (tertiary/aromatic N) is 3. The molecule has 0 saturated heterocycles. The van der Waals surface area contributed by atoms with Crippen LogP contribution in [0.15, 0.2) is 148 Å². The van der Waals surface area contributed by atoms with Crippen LogP contribution in [0.25, 0.3) is 54.3 Å². The van der Waals surface area contributed by atoms with E-state index in [1.165, 1.54) is 26.9 Å². The molecule has 0 spiro atoms. The van der Waals surface area contributed by atoms with Crippen LogP contribution in [0.2, 0.25) is 0 Å². The second-order valence-corrected chi connectivity index (χ2v) is 10.9. The summed E-state index contributed by atoms with van der Waals surface area (Å²) in [6.07, 6.45) is 3.18. The molecule has 0 bridgehead atoms. The van der Waals surface area contributed by atoms with Crippen LogP contribution in [-0.2, 0) is 0 Å². The molecule has 43 heavy (non-hydrogen) atoms. The van der Waals surface area contributed by atoms with Crippen LogP contribution in [-0.4, -0.2) is 16.7 Å². The lowest BCUT2D eigenvalue weighted by molar-refractivity contribution is 0.668. The summed E-state index contributed by atoms with van der Waals surface area (Å²) in [6, 6.07) is 42.3. The molecule has 1 aliphatic rings. The molecule has 0 saturated carbocycles. The third-order valence-corrected chi connectivity index (χ3v) is 8.38. The number of amidine groups is 2. The van der Waals surface area contributed by atoms with Gasteiger partial charge in [-0.3, -0.25) is 4.98 Å². The first-order valence-electron chi connectivity index (χ1n) is 14.4. The molecule has 3 heterocycles. The van der Waals surface area contributed by atoms with E-state index in [4.69, 9.17) is 14.4 Å². The summed E-state index contributed by atoms with van der Waals surface area (Å²) in [5, 5.41) is 12.7. The van der Waals surface area contributed by atoms with Crippen molar-refractivity contribution in [2.75, 3.05) is 0 Å². The number of fused-ring (bicyclic) bond motifs is 7. The Kier molecular flexibility index (Phi) is 5.19. The maximum Gasteiger partial charge on any atom is 0.169 e. The van der Waals surface area contributed by atoms with Gasteiger partial charge in [-0.1, -0.05) is 97.1 Å². The third-order valence-electron chi connectivity index (χ3n) is 8.38. The summed E-state index contributed by atoms with van der Waals surface area (Å²) < 4.78 is 6.19. The van der Waals surface area contributed by atoms with E-state index in [2.05, 4.69) is 113 Å². The topological polar surface area (TPSA) is 62.8 Å². The van der Waals surface area contributed by atoms with E-state index in [-0.39, 0.29) is 0 Å². The van der Waals surface area contributed by atoms with Gasteiger partial charge in [-0.25, -0.2) is 9.98 Å². The normalized spacial score (nSPS) is 15.2. The Morgan fingerprint density at radius 3 is 2.26 bits per heavy atom. The minimum Gasteiger partial charge on any atom is -0.456 e. The van der Waals surface area contributed by atoms with Crippen molar-refractivity contribution in [3.63, 3.8) is 0 Å². The van der Waals surface area contributed by atoms with Crippen molar-refractivity contribution in [1.29, 1.82) is 0 Å². The molecular formula is C38H24N4O. The highest BCUT2D eigenvalue weighted by molar-refractivity contribution is 6.23. The highest BCUT2D eigenvalue weighted by Crippen LogP contribution is 2.34. The van der Waals surface area contributed by atoms with E-state index in [0.717, 1.165) is 55.7 Å². The molecule has 5 heteroatoms. The van der Waals surface area contributed by atoms with Crippen molar-refractivity contribution in [3.8, 4) is 0 Å². The monoisotopic (exact) mass is 552 g/mol. The van der Waals surface area contributed by atoms with Crippen molar-refractivity contribution < 1.29 is 4.42 Å². The predicted octanol–water partition coefficient (Wildman–Crippen LogP) is 8.94. The van der Waals surface area contributed by atoms with Gasteiger partial charge in [-0.2, -0.15) is 0 Å². The van der Waals surface area contributed by atoms with Crippen molar-refractivity contribution in [2.45, 2.75) is 6.17 Å². The van der Waals surface area contributed by atoms with Gasteiger partial charge in [0.25, 0.3) is 0 Å². The van der Waals surface area contributed by atoms with Gasteiger partial charge in [0, 0.05) is 34.3 Å². The molecular weight excluding hydrogens is 528 g/mol. The van der Waals surface area contributed by atoms with Gasteiger partial charge in [0.05, 0.1) is 0 Å². The fourth-order valence-corrected chi connectivity index (χ4v) is 6.27. The molecule has 0 fully saturated rings. The molecule has 1 unspecified atom stereocenters. The molecule has 0 amide bonds. The first kappa shape index (κ1) is 23.9. The number of pyridine rings is 1. The zero-order chi connectivity index (χ0) is 28.3. The summed E-state index contributed by atoms with van der Waals surface area (Å²) in [5.74, 6) is 1.53. The molecule has 0 aliphatic carbocycles. The molecule has 1 aliphatic heterocycles. The van der Waals surface area contributed by atoms with Gasteiger partial charge in [0.1, 0.15) is 22.8 Å². The highest BCUT2D eigenvalue weighted by Gasteiger charge is 2.24. The molecule has 202 valence electrons. The fraction of sp³-hybridized carbons (Fsp3) is 0.0263. The molecule has 2 aromatic heterocycles. The molecule has 0 radical (unpaired) electrons. The Morgan fingerprint density at radius 1 is 0.558 bits per heavy atom. The van der Waals surface area contributed by atoms with Gasteiger partial charge in [0.15, 0.2) is 6.17 Å². The largest absolute Gasteiger partial charge is 0.456 e. The van der Waals surface area contributed by atoms with Crippen molar-refractivity contribution >= 4 is 65.9 Å². The van der Waals surface area contributed by atoms with Crippen LogP contribution in [0.5, 0.6) is 0 Å². The van der Waals surface area contributed by atoms with E-state index in [1.807, 2.05) is 24.4 Å². The molecule has 8 aromatic rings. The van der Waals surface area contributed by atoms with E-state index in [1.54, 1.807) is 6.20 Å². The first-order valence-corrected chi connectivity index (χ1v) is 14.4. The SMILES string of the molecule is c1ccc2cc(C3=NC(c4ccc5ccc6ccccc6c5c4)N=C(c4cccc5oc6ccncc6c45)N3)ccc2c1. The van der Waals surface area contributed by atoms with Crippen molar-refractivity contribution in [1.82, 2.24) is 10.3 Å². The Labute approximate surface area is 246 Å². The second-order valence-electron chi connectivity index (χ2n) is 10.9. The predicted molar refractivity (Wildman–Crippen MR) is 176 cm³/mol. The van der Waals surface area contributed by atoms with E-state index in [9.17, 15) is 0 Å². The Bertz CT molecular complexity index is 2450. The zero-order valence-corrected chi connectivity index (χ0v) is 23.0. The van der Waals surface area contributed by atoms with E-state index >= 15 is 0 Å². The maximum atomic E-state index is 6.19. The quantitative estimate of drug-likeness (QED) is 0.223. The van der Waals surface area contributed by atoms with Crippen LogP contribution in [0.1, 0.15) is 22.9 Å². The van der Waals surface area contributed by atoms with Crippen LogP contribution < -0.4 is 5.32 Å². The Morgan fingerprint density at radius 2 is 1.33 bits per heavy atom. The highest BCUT2D eigenvalue weighted by atomic mass is 16.3. The second kappa shape index (κ2) is 9.36. The van der Waals surface area contributed by atoms with Gasteiger partial charge in [0.2, 0.25) is 0 Å². The standard InChI is InChI=1S/C38H24N4O/c1-2-8-26-20-27(16-12-23(26)6-1)36-40-37(28-17-15-25-14-13-24-7-3-4-9-29(24)31(25)21-28)42-38(41-36)30-10-5-11-34-35(30)32-22-39-19-18-33(32)43-34/h1-22,37H,(H,40,41,42). The summed E-state index contributed by atoms with van der Waals surface area (Å²) >= 11 is 0. The lowest BCUT2D eigenvalue weighted by Gasteiger charge is -2.23. The van der Waals surface area contributed by atoms with Crippen molar-refractivity contribution in [3.05, 3.63) is 150 Å². The van der Waals surface area contributed by atoms with Crippen LogP contribution in [0.3, 0.4) is 0 Å². The lowest BCUT2D eigenvalue weighted by Crippen LogP contribution is -2.36. The smallest absolute Gasteiger partial charge is 0.169 e. The number of rotatable bonds is 3. The average Bonchev–Trinajstić information content (AvgIpc) is 3.46. The van der Waals surface area contributed by atoms with Gasteiger partial charge in [-0.05, 0) is 62.1 Å². The number of aliphatic imine (C=N–C) groups is 2. The van der Waals surface area contributed by atoms with Gasteiger partial charge in [-0.15, -0.1) is 0 Å². The number of hydrogen-bond acceptors (Lipinski definition) is 5. The number of furan rings is 1. The maximum absolute atomic E-state index is 6.19. The van der Waals surface area contributed by atoms with Crippen LogP contribution in [0, 0.1) is 0 Å². The summed E-state index contributed by atoms with van der Waals surface area (Å²) in [5.41, 5.74) is 4.60. The first-order chi connectivity index (χ1) is 21.3. The zero-order valence-electron chi connectivity index (χ0n) is 23.0. The number of benzene rings is 6. The summed E-state index contributed by atoms with van der Waals surface area (Å²) in [6.45, 7) is 0. The number of hydrogen-bond donors (Lipinski definition) is 1. The molecule has 1 N–H and O–H groups in total. The fourth-order valence-electron chi connectivity index (χ4n) is 6.27. The minimum absolute atomic E-state index is 0.437. The summed E-state index contributed by atoms with van der Waals surface area (Å²) in [4.78, 5) is 14.8. The molecule has 9 rings (SSSR count). The lowest BCUT2D eigenvalue weighted by atomic mass is 9.99. The summed E-state index contributed by atoms with van der Waals surface area (Å²) in [7, 11) is 0. The van der Waals surface area contributed by atoms with E-state index in [0.29, 0.717) is 0 Å². The third kappa shape index (κ3) is 3.90. The Hall–Kier alpha value is -5.81. The molecule has 1 atom stereocenters. The number of aromatic nitrogens is 1. The van der Waals surface area contributed by atoms with E-state index < -0.39 is 6.17 Å². The average molecular weight is 553 g/mol. The van der Waals surface area contributed by atoms with Gasteiger partial charge >= 0.3 is 0 Å². The van der Waals surface area contributed by atoms with Crippen LogP contribution in [0.4, 0.5) is 0 Å². The molecule has 5 nitrogen and oxygen atoms in total. The van der Waals surface area contributed by atoms with Gasteiger partial charge < -0.3 is 9.73 Å². The minimum atomic E-state index is -0.437. The van der Waals surface area contributed by atoms with Crippen molar-refractivity contribution in [2.24, 2.45) is 9.98 Å².